The molecule has 0 amide bonds. The van der Waals surface area contributed by atoms with Gasteiger partial charge < -0.3 is 5.73 Å². The van der Waals surface area contributed by atoms with Crippen molar-refractivity contribution in [3.05, 3.63) is 72.1 Å². The van der Waals surface area contributed by atoms with E-state index in [9.17, 15) is 0 Å². The largest absolute Gasteiger partial charge is 0.383 e. The van der Waals surface area contributed by atoms with Gasteiger partial charge in [0.1, 0.15) is 17.2 Å². The molecule has 0 saturated heterocycles. The number of nitrogens with two attached hydrogens (primary N) is 1. The molecule has 1 aliphatic carbocycles. The van der Waals surface area contributed by atoms with Gasteiger partial charge in [0.25, 0.3) is 0 Å². The summed E-state index contributed by atoms with van der Waals surface area (Å²) in [5.41, 5.74) is 15.8. The lowest BCUT2D eigenvalue weighted by Crippen LogP contribution is -2.28. The van der Waals surface area contributed by atoms with E-state index >= 15 is 0 Å². The molecule has 0 spiro atoms. The Morgan fingerprint density at radius 2 is 1.97 bits per heavy atom. The fourth-order valence-corrected chi connectivity index (χ4v) is 4.60. The number of hydrogen-bond donors (Lipinski definition) is 2. The molecule has 1 atom stereocenters. The Hall–Kier alpha value is -3.71. The zero-order valence-corrected chi connectivity index (χ0v) is 17.3. The maximum Gasteiger partial charge on any atom is 0.167 e. The van der Waals surface area contributed by atoms with E-state index in [-0.39, 0.29) is 0 Å². The summed E-state index contributed by atoms with van der Waals surface area (Å²) in [7, 11) is 0. The van der Waals surface area contributed by atoms with Gasteiger partial charge in [-0.2, -0.15) is 0 Å². The highest BCUT2D eigenvalue weighted by atomic mass is 15.5. The first-order valence-corrected chi connectivity index (χ1v) is 10.6. The van der Waals surface area contributed by atoms with Crippen LogP contribution >= 0.6 is 0 Å². The first-order chi connectivity index (χ1) is 15.2. The standard InChI is InChI=1S/C24H23N7/c1-15-12-16-5-6-18(14-17(16)13-15)31-23(19-4-2-9-26-22(19)25)28-20-7-8-21(29-24(20)31)30-11-3-10-27-30/h2-9,11,14-15,27H,10,12-13H2,1H3,(H2,25,26). The minimum absolute atomic E-state index is 0.457. The number of nitrogens with zero attached hydrogens (tertiary/aromatic N) is 5. The number of fused-ring (bicyclic) bond motifs is 2. The van der Waals surface area contributed by atoms with Crippen molar-refractivity contribution in [1.29, 1.82) is 0 Å². The minimum Gasteiger partial charge on any atom is -0.383 e. The first-order valence-electron chi connectivity index (χ1n) is 10.6. The highest BCUT2D eigenvalue weighted by molar-refractivity contribution is 5.84. The van der Waals surface area contributed by atoms with Crippen LogP contribution in [0.4, 0.5) is 11.6 Å². The number of hydrazine groups is 1. The van der Waals surface area contributed by atoms with Crippen molar-refractivity contribution >= 4 is 22.8 Å². The summed E-state index contributed by atoms with van der Waals surface area (Å²) in [6.45, 7) is 3.10. The van der Waals surface area contributed by atoms with Crippen molar-refractivity contribution < 1.29 is 0 Å². The molecule has 7 heteroatoms. The van der Waals surface area contributed by atoms with Gasteiger partial charge >= 0.3 is 0 Å². The van der Waals surface area contributed by atoms with Crippen LogP contribution in [0.3, 0.4) is 0 Å². The molecule has 0 saturated carbocycles. The Labute approximate surface area is 180 Å². The summed E-state index contributed by atoms with van der Waals surface area (Å²) in [5.74, 6) is 2.71. The van der Waals surface area contributed by atoms with E-state index in [1.807, 2.05) is 35.5 Å². The van der Waals surface area contributed by atoms with Crippen LogP contribution in [0.2, 0.25) is 0 Å². The number of benzene rings is 1. The maximum absolute atomic E-state index is 6.25. The number of aromatic nitrogens is 4. The molecule has 2 aliphatic rings. The van der Waals surface area contributed by atoms with Crippen LogP contribution in [-0.2, 0) is 12.8 Å². The summed E-state index contributed by atoms with van der Waals surface area (Å²) >= 11 is 0. The molecule has 1 aromatic carbocycles. The lowest BCUT2D eigenvalue weighted by Gasteiger charge is -2.16. The van der Waals surface area contributed by atoms with Crippen molar-refractivity contribution in [2.24, 2.45) is 5.92 Å². The Bertz CT molecular complexity index is 1340. The second kappa shape index (κ2) is 6.92. The minimum atomic E-state index is 0.457. The van der Waals surface area contributed by atoms with Gasteiger partial charge in [0.15, 0.2) is 11.5 Å². The summed E-state index contributed by atoms with van der Waals surface area (Å²) in [6.07, 6.45) is 7.99. The van der Waals surface area contributed by atoms with Crippen molar-refractivity contribution in [3.63, 3.8) is 0 Å². The van der Waals surface area contributed by atoms with Gasteiger partial charge in [-0.05, 0) is 66.3 Å². The smallest absolute Gasteiger partial charge is 0.167 e. The molecular formula is C24H23N7. The molecule has 0 fully saturated rings. The second-order valence-electron chi connectivity index (χ2n) is 8.30. The van der Waals surface area contributed by atoms with Gasteiger partial charge in [-0.1, -0.05) is 19.1 Å². The van der Waals surface area contributed by atoms with Gasteiger partial charge in [-0.25, -0.2) is 20.4 Å². The van der Waals surface area contributed by atoms with Crippen LogP contribution in [0.15, 0.2) is 60.9 Å². The number of imidazole rings is 1. The lowest BCUT2D eigenvalue weighted by atomic mass is 10.1. The highest BCUT2D eigenvalue weighted by Crippen LogP contribution is 2.34. The van der Waals surface area contributed by atoms with E-state index in [4.69, 9.17) is 15.7 Å². The molecule has 0 bridgehead atoms. The van der Waals surface area contributed by atoms with Gasteiger partial charge in [0, 0.05) is 24.6 Å². The Morgan fingerprint density at radius 1 is 1.06 bits per heavy atom. The van der Waals surface area contributed by atoms with Crippen LogP contribution in [0, 0.1) is 5.92 Å². The number of nitrogen functional groups attached to an aromatic ring is 1. The van der Waals surface area contributed by atoms with Gasteiger partial charge in [-0.15, -0.1) is 0 Å². The van der Waals surface area contributed by atoms with E-state index in [2.05, 4.69) is 46.2 Å². The van der Waals surface area contributed by atoms with Crippen LogP contribution in [0.5, 0.6) is 0 Å². The Kier molecular flexibility index (Phi) is 4.04. The number of rotatable bonds is 3. The van der Waals surface area contributed by atoms with Crippen LogP contribution in [0.25, 0.3) is 28.2 Å². The quantitative estimate of drug-likeness (QED) is 0.537. The summed E-state index contributed by atoms with van der Waals surface area (Å²) in [5, 5.41) is 1.93. The number of nitrogens with one attached hydrogen (secondary N) is 1. The van der Waals surface area contributed by atoms with Crippen LogP contribution < -0.4 is 16.2 Å². The third-order valence-corrected chi connectivity index (χ3v) is 6.03. The average Bonchev–Trinajstić information content (AvgIpc) is 3.50. The summed E-state index contributed by atoms with van der Waals surface area (Å²) in [6, 6.07) is 14.5. The molecule has 4 aromatic rings. The Morgan fingerprint density at radius 3 is 2.81 bits per heavy atom. The molecule has 6 rings (SSSR count). The van der Waals surface area contributed by atoms with Gasteiger partial charge in [-0.3, -0.25) is 9.58 Å². The summed E-state index contributed by atoms with van der Waals surface area (Å²) < 4.78 is 2.11. The fraction of sp³-hybridized carbons (Fsp3) is 0.208. The van der Waals surface area contributed by atoms with E-state index < -0.39 is 0 Å². The maximum atomic E-state index is 6.25. The third-order valence-electron chi connectivity index (χ3n) is 6.03. The Balaban J connectivity index is 1.60. The van der Waals surface area contributed by atoms with Crippen LogP contribution in [0.1, 0.15) is 18.1 Å². The van der Waals surface area contributed by atoms with Crippen molar-refractivity contribution in [1.82, 2.24) is 24.9 Å². The lowest BCUT2D eigenvalue weighted by molar-refractivity contribution is 0.628. The van der Waals surface area contributed by atoms with Crippen LogP contribution in [-0.4, -0.2) is 26.1 Å². The monoisotopic (exact) mass is 409 g/mol. The predicted octanol–water partition coefficient (Wildman–Crippen LogP) is 3.64. The second-order valence-corrected chi connectivity index (χ2v) is 8.30. The molecule has 7 nitrogen and oxygen atoms in total. The SMILES string of the molecule is CC1Cc2ccc(-n3c(-c4cccnc4N)nc4ccc(N5C=CCN5)nc43)cc2C1. The number of anilines is 2. The molecule has 0 radical (unpaired) electrons. The van der Waals surface area contributed by atoms with Crippen molar-refractivity contribution in [2.75, 3.05) is 17.3 Å². The van der Waals surface area contributed by atoms with E-state index in [1.165, 1.54) is 11.1 Å². The topological polar surface area (TPSA) is 84.9 Å². The predicted molar refractivity (Wildman–Crippen MR) is 123 cm³/mol. The van der Waals surface area contributed by atoms with Crippen molar-refractivity contribution in [2.45, 2.75) is 19.8 Å². The molecule has 4 heterocycles. The summed E-state index contributed by atoms with van der Waals surface area (Å²) in [4.78, 5) is 14.2. The molecule has 3 N–H and O–H groups in total. The fourth-order valence-electron chi connectivity index (χ4n) is 4.60. The number of pyridine rings is 2. The zero-order valence-electron chi connectivity index (χ0n) is 17.3. The van der Waals surface area contributed by atoms with E-state index in [0.29, 0.717) is 11.7 Å². The van der Waals surface area contributed by atoms with E-state index in [1.54, 1.807) is 6.20 Å². The third kappa shape index (κ3) is 2.97. The van der Waals surface area contributed by atoms with Gasteiger partial charge in [0.05, 0.1) is 5.56 Å². The first kappa shape index (κ1) is 18.1. The number of hydrogen-bond acceptors (Lipinski definition) is 6. The molecular weight excluding hydrogens is 386 g/mol. The molecule has 1 unspecified atom stereocenters. The normalized spacial score (nSPS) is 17.6. The van der Waals surface area contributed by atoms with Crippen molar-refractivity contribution in [3.8, 4) is 17.1 Å². The highest BCUT2D eigenvalue weighted by Gasteiger charge is 2.22. The molecule has 31 heavy (non-hydrogen) atoms. The molecule has 1 aliphatic heterocycles. The zero-order chi connectivity index (χ0) is 20.9. The molecule has 154 valence electrons. The average molecular weight is 409 g/mol. The van der Waals surface area contributed by atoms with E-state index in [0.717, 1.165) is 53.4 Å². The molecule has 3 aromatic heterocycles. The van der Waals surface area contributed by atoms with Gasteiger partial charge in [0.2, 0.25) is 0 Å².